The smallest absolute Gasteiger partial charge is 0.104 e. The molecule has 16 heavy (non-hydrogen) atoms. The van der Waals surface area contributed by atoms with Crippen LogP contribution < -0.4 is 0 Å². The monoisotopic (exact) mass is 230 g/mol. The maximum absolute atomic E-state index is 8.87. The van der Waals surface area contributed by atoms with Gasteiger partial charge in [0.1, 0.15) is 12.2 Å². The fourth-order valence-corrected chi connectivity index (χ4v) is 2.26. The highest BCUT2D eigenvalue weighted by atomic mass is 16.6. The van der Waals surface area contributed by atoms with Crippen molar-refractivity contribution in [2.75, 3.05) is 26.4 Å². The Morgan fingerprint density at radius 2 is 1.69 bits per heavy atom. The Kier molecular flexibility index (Phi) is 5.03. The van der Waals surface area contributed by atoms with Gasteiger partial charge in [0, 0.05) is 0 Å². The van der Waals surface area contributed by atoms with E-state index in [4.69, 9.17) is 19.3 Å². The maximum Gasteiger partial charge on any atom is 0.104 e. The summed E-state index contributed by atoms with van der Waals surface area (Å²) in [5.41, 5.74) is 0. The van der Waals surface area contributed by atoms with E-state index in [1.807, 2.05) is 0 Å². The van der Waals surface area contributed by atoms with E-state index in [0.717, 1.165) is 0 Å². The lowest BCUT2D eigenvalue weighted by Gasteiger charge is -2.30. The molecule has 1 N–H and O–H groups in total. The number of rotatable bonds is 4. The lowest BCUT2D eigenvalue weighted by molar-refractivity contribution is -0.167. The van der Waals surface area contributed by atoms with Crippen molar-refractivity contribution >= 4 is 0 Å². The Morgan fingerprint density at radius 1 is 1.00 bits per heavy atom. The number of ether oxygens (including phenoxy) is 3. The normalized spacial score (nSPS) is 32.8. The molecule has 2 rings (SSSR count). The van der Waals surface area contributed by atoms with Crippen LogP contribution in [0.4, 0.5) is 0 Å². The first-order chi connectivity index (χ1) is 7.88. The van der Waals surface area contributed by atoms with Gasteiger partial charge in [0.05, 0.1) is 32.5 Å². The van der Waals surface area contributed by atoms with E-state index in [2.05, 4.69) is 0 Å². The van der Waals surface area contributed by atoms with Gasteiger partial charge in [-0.15, -0.1) is 0 Å². The van der Waals surface area contributed by atoms with Crippen molar-refractivity contribution in [3.63, 3.8) is 0 Å². The van der Waals surface area contributed by atoms with Crippen LogP contribution in [-0.4, -0.2) is 49.8 Å². The van der Waals surface area contributed by atoms with E-state index >= 15 is 0 Å². The van der Waals surface area contributed by atoms with Crippen LogP contribution >= 0.6 is 0 Å². The van der Waals surface area contributed by atoms with E-state index < -0.39 is 0 Å². The molecule has 0 radical (unpaired) electrons. The SMILES string of the molecule is OCC1COC(COC2CCCCC2)CO1. The molecular formula is C12H22O4. The molecule has 2 fully saturated rings. The Balaban J connectivity index is 1.59. The highest BCUT2D eigenvalue weighted by Gasteiger charge is 2.23. The van der Waals surface area contributed by atoms with Crippen LogP contribution in [0.3, 0.4) is 0 Å². The van der Waals surface area contributed by atoms with Crippen molar-refractivity contribution in [2.45, 2.75) is 50.4 Å². The van der Waals surface area contributed by atoms with Gasteiger partial charge in [-0.25, -0.2) is 0 Å². The zero-order valence-corrected chi connectivity index (χ0v) is 9.77. The van der Waals surface area contributed by atoms with E-state index in [-0.39, 0.29) is 18.8 Å². The van der Waals surface area contributed by atoms with Crippen LogP contribution in [0, 0.1) is 0 Å². The van der Waals surface area contributed by atoms with E-state index in [1.165, 1.54) is 32.1 Å². The second-order valence-corrected chi connectivity index (χ2v) is 4.69. The van der Waals surface area contributed by atoms with Crippen LogP contribution in [0.2, 0.25) is 0 Å². The number of aliphatic hydroxyl groups is 1. The molecule has 0 aromatic heterocycles. The molecule has 0 amide bonds. The molecule has 1 saturated carbocycles. The molecule has 0 aromatic rings. The molecule has 1 aliphatic heterocycles. The summed E-state index contributed by atoms with van der Waals surface area (Å²) in [4.78, 5) is 0. The number of aliphatic hydroxyl groups excluding tert-OH is 1. The fourth-order valence-electron chi connectivity index (χ4n) is 2.26. The van der Waals surface area contributed by atoms with Gasteiger partial charge in [0.25, 0.3) is 0 Å². The minimum Gasteiger partial charge on any atom is -0.394 e. The summed E-state index contributed by atoms with van der Waals surface area (Å²) in [7, 11) is 0. The third-order valence-electron chi connectivity index (χ3n) is 3.31. The second kappa shape index (κ2) is 6.55. The van der Waals surface area contributed by atoms with Crippen LogP contribution in [0.5, 0.6) is 0 Å². The first kappa shape index (κ1) is 12.3. The predicted molar refractivity (Wildman–Crippen MR) is 59.4 cm³/mol. The number of hydrogen-bond acceptors (Lipinski definition) is 4. The molecule has 0 spiro atoms. The van der Waals surface area contributed by atoms with Gasteiger partial charge in [0.2, 0.25) is 0 Å². The zero-order valence-electron chi connectivity index (χ0n) is 9.77. The van der Waals surface area contributed by atoms with E-state index in [1.54, 1.807) is 0 Å². The summed E-state index contributed by atoms with van der Waals surface area (Å²) in [6.45, 7) is 1.69. The Bertz CT molecular complexity index is 183. The lowest BCUT2D eigenvalue weighted by Crippen LogP contribution is -2.40. The summed E-state index contributed by atoms with van der Waals surface area (Å²) in [5, 5.41) is 8.87. The minimum absolute atomic E-state index is 0.0379. The van der Waals surface area contributed by atoms with Gasteiger partial charge in [-0.2, -0.15) is 0 Å². The summed E-state index contributed by atoms with van der Waals surface area (Å²) >= 11 is 0. The van der Waals surface area contributed by atoms with Gasteiger partial charge >= 0.3 is 0 Å². The van der Waals surface area contributed by atoms with Crippen LogP contribution in [0.1, 0.15) is 32.1 Å². The van der Waals surface area contributed by atoms with Gasteiger partial charge in [0.15, 0.2) is 0 Å². The topological polar surface area (TPSA) is 47.9 Å². The first-order valence-electron chi connectivity index (χ1n) is 6.34. The van der Waals surface area contributed by atoms with Crippen molar-refractivity contribution in [1.82, 2.24) is 0 Å². The predicted octanol–water partition coefficient (Wildman–Crippen LogP) is 1.11. The quantitative estimate of drug-likeness (QED) is 0.786. The summed E-state index contributed by atoms with van der Waals surface area (Å²) in [6.07, 6.45) is 6.63. The maximum atomic E-state index is 8.87. The number of hydrogen-bond donors (Lipinski definition) is 1. The zero-order chi connectivity index (χ0) is 11.2. The van der Waals surface area contributed by atoms with E-state index in [0.29, 0.717) is 25.9 Å². The molecule has 1 aliphatic carbocycles. The molecule has 94 valence electrons. The first-order valence-corrected chi connectivity index (χ1v) is 6.34. The summed E-state index contributed by atoms with van der Waals surface area (Å²) in [5.74, 6) is 0. The summed E-state index contributed by atoms with van der Waals surface area (Å²) in [6, 6.07) is 0. The molecule has 2 unspecified atom stereocenters. The fraction of sp³-hybridized carbons (Fsp3) is 1.00. The third-order valence-corrected chi connectivity index (χ3v) is 3.31. The van der Waals surface area contributed by atoms with Crippen molar-refractivity contribution in [1.29, 1.82) is 0 Å². The third kappa shape index (κ3) is 3.70. The Hall–Kier alpha value is -0.160. The molecular weight excluding hydrogens is 208 g/mol. The van der Waals surface area contributed by atoms with Gasteiger partial charge in [-0.1, -0.05) is 19.3 Å². The molecule has 2 aliphatic rings. The van der Waals surface area contributed by atoms with Crippen molar-refractivity contribution < 1.29 is 19.3 Å². The van der Waals surface area contributed by atoms with Crippen molar-refractivity contribution in [3.8, 4) is 0 Å². The summed E-state index contributed by atoms with van der Waals surface area (Å²) < 4.78 is 16.8. The van der Waals surface area contributed by atoms with Crippen LogP contribution in [-0.2, 0) is 14.2 Å². The molecule has 4 nitrogen and oxygen atoms in total. The standard InChI is InChI=1S/C12H22O4/c13-6-11-7-16-12(9-15-11)8-14-10-4-2-1-3-5-10/h10-13H,1-9H2. The Labute approximate surface area is 96.9 Å². The van der Waals surface area contributed by atoms with Crippen molar-refractivity contribution in [2.24, 2.45) is 0 Å². The molecule has 2 atom stereocenters. The van der Waals surface area contributed by atoms with Gasteiger partial charge < -0.3 is 19.3 Å². The average Bonchev–Trinajstić information content (AvgIpc) is 2.38. The van der Waals surface area contributed by atoms with Gasteiger partial charge in [-0.3, -0.25) is 0 Å². The van der Waals surface area contributed by atoms with Crippen molar-refractivity contribution in [3.05, 3.63) is 0 Å². The van der Waals surface area contributed by atoms with Gasteiger partial charge in [-0.05, 0) is 12.8 Å². The molecule has 0 aromatic carbocycles. The largest absolute Gasteiger partial charge is 0.394 e. The molecule has 4 heteroatoms. The second-order valence-electron chi connectivity index (χ2n) is 4.69. The highest BCUT2D eigenvalue weighted by molar-refractivity contribution is 4.69. The van der Waals surface area contributed by atoms with Crippen LogP contribution in [0.25, 0.3) is 0 Å². The van der Waals surface area contributed by atoms with E-state index in [9.17, 15) is 0 Å². The van der Waals surface area contributed by atoms with Crippen LogP contribution in [0.15, 0.2) is 0 Å². The average molecular weight is 230 g/mol. The molecule has 1 saturated heterocycles. The Morgan fingerprint density at radius 3 is 2.31 bits per heavy atom. The molecule has 1 heterocycles. The molecule has 0 bridgehead atoms. The highest BCUT2D eigenvalue weighted by Crippen LogP contribution is 2.21. The lowest BCUT2D eigenvalue weighted by atomic mass is 9.98. The minimum atomic E-state index is -0.147.